The molecule has 3 unspecified atom stereocenters. The van der Waals surface area contributed by atoms with Crippen LogP contribution in [0.25, 0.3) is 0 Å². The number of nitrogens with zero attached hydrogens (tertiary/aromatic N) is 1. The number of rotatable bonds is 44. The van der Waals surface area contributed by atoms with Gasteiger partial charge in [-0.2, -0.15) is 0 Å². The van der Waals surface area contributed by atoms with E-state index in [0.717, 1.165) is 57.8 Å². The number of carbonyl (C=O) groups is 1. The molecule has 0 bridgehead atoms. The molecular formula is C51H95N2O6P. The molecule has 0 saturated carbocycles. The van der Waals surface area contributed by atoms with E-state index in [2.05, 4.69) is 67.8 Å². The minimum Gasteiger partial charge on any atom is -0.756 e. The number of phosphoric acid groups is 1. The highest BCUT2D eigenvalue weighted by Crippen LogP contribution is 2.38. The maximum Gasteiger partial charge on any atom is 0.268 e. The Labute approximate surface area is 371 Å². The molecule has 9 heteroatoms. The molecule has 3 atom stereocenters. The lowest BCUT2D eigenvalue weighted by Gasteiger charge is -2.29. The predicted molar refractivity (Wildman–Crippen MR) is 256 cm³/mol. The number of carbonyl (C=O) groups excluding carboxylic acids is 1. The van der Waals surface area contributed by atoms with Gasteiger partial charge in [-0.05, 0) is 70.6 Å². The summed E-state index contributed by atoms with van der Waals surface area (Å²) in [5.41, 5.74) is 0. The average molecular weight is 863 g/mol. The number of allylic oxidation sites excluding steroid dienone is 9. The van der Waals surface area contributed by atoms with Crippen LogP contribution >= 0.6 is 7.82 Å². The Bertz CT molecular complexity index is 1160. The number of likely N-dealkylation sites (N-methyl/N-ethyl adjacent to an activating group) is 1. The summed E-state index contributed by atoms with van der Waals surface area (Å²) in [6, 6.07) is -0.909. The molecule has 0 aliphatic heterocycles. The van der Waals surface area contributed by atoms with Gasteiger partial charge in [0.15, 0.2) is 0 Å². The van der Waals surface area contributed by atoms with Crippen molar-refractivity contribution in [3.05, 3.63) is 60.8 Å². The third-order valence-electron chi connectivity index (χ3n) is 10.7. The Morgan fingerprint density at radius 3 is 1.50 bits per heavy atom. The normalized spacial score (nSPS) is 14.7. The molecule has 0 radical (unpaired) electrons. The van der Waals surface area contributed by atoms with E-state index in [1.165, 1.54) is 128 Å². The molecule has 0 rings (SSSR count). The SMILES string of the molecule is CCC/C=C/CC/C=C/CC/C=C/C(O)C(COP(=O)([O-])OCC[N+](C)(C)C)NC(=O)CCCCCCCCCCCCCCCCC/C=C\C/C=C\CCCCCCC. The zero-order valence-electron chi connectivity index (χ0n) is 39.6. The number of aliphatic hydroxyl groups is 1. The van der Waals surface area contributed by atoms with Crippen molar-refractivity contribution in [1.29, 1.82) is 0 Å². The van der Waals surface area contributed by atoms with Gasteiger partial charge in [-0.25, -0.2) is 0 Å². The number of nitrogens with one attached hydrogen (secondary N) is 1. The third kappa shape index (κ3) is 44.3. The molecule has 0 aliphatic carbocycles. The molecule has 60 heavy (non-hydrogen) atoms. The second-order valence-electron chi connectivity index (χ2n) is 17.8. The Kier molecular flexibility index (Phi) is 41.2. The highest BCUT2D eigenvalue weighted by atomic mass is 31.2. The molecule has 0 aromatic heterocycles. The standard InChI is InChI=1S/C51H95N2O6P/c1-6-8-10-12-14-16-18-19-20-21-22-23-24-25-26-27-28-29-30-31-32-33-35-37-39-41-43-45-51(55)52-49(48-59-60(56,57)58-47-46-53(3,4)5)50(54)44-42-40-38-36-34-17-15-13-11-9-7-2/h11,13,18-19,21-22,34,36,42,44,49-50,54H,6-10,12,14-17,20,23-33,35,37-41,43,45-48H2,1-5H3,(H-,52,55,56,57)/b13-11+,19-18-,22-21-,36-34+,44-42+. The highest BCUT2D eigenvalue weighted by molar-refractivity contribution is 7.45. The fourth-order valence-corrected chi connectivity index (χ4v) is 7.47. The quantitative estimate of drug-likeness (QED) is 0.0273. The molecule has 8 nitrogen and oxygen atoms in total. The second kappa shape index (κ2) is 42.5. The Balaban J connectivity index is 4.16. The van der Waals surface area contributed by atoms with Gasteiger partial charge >= 0.3 is 0 Å². The number of hydrogen-bond acceptors (Lipinski definition) is 6. The van der Waals surface area contributed by atoms with Crippen LogP contribution in [0, 0.1) is 0 Å². The van der Waals surface area contributed by atoms with Crippen LogP contribution in [0.2, 0.25) is 0 Å². The van der Waals surface area contributed by atoms with Crippen LogP contribution in [0.3, 0.4) is 0 Å². The summed E-state index contributed by atoms with van der Waals surface area (Å²) in [4.78, 5) is 25.3. The topological polar surface area (TPSA) is 108 Å². The van der Waals surface area contributed by atoms with Crippen molar-refractivity contribution >= 4 is 13.7 Å². The largest absolute Gasteiger partial charge is 0.756 e. The lowest BCUT2D eigenvalue weighted by atomic mass is 10.0. The van der Waals surface area contributed by atoms with E-state index >= 15 is 0 Å². The third-order valence-corrected chi connectivity index (χ3v) is 11.6. The van der Waals surface area contributed by atoms with E-state index in [1.807, 2.05) is 27.2 Å². The summed E-state index contributed by atoms with van der Waals surface area (Å²) < 4.78 is 23.2. The smallest absolute Gasteiger partial charge is 0.268 e. The van der Waals surface area contributed by atoms with Crippen molar-refractivity contribution in [3.63, 3.8) is 0 Å². The van der Waals surface area contributed by atoms with Gasteiger partial charge in [0.25, 0.3) is 7.82 Å². The average Bonchev–Trinajstić information content (AvgIpc) is 3.20. The number of quaternary nitrogens is 1. The maximum atomic E-state index is 12.9. The van der Waals surface area contributed by atoms with Crippen LogP contribution in [0.5, 0.6) is 0 Å². The van der Waals surface area contributed by atoms with Gasteiger partial charge in [0.2, 0.25) is 5.91 Å². The van der Waals surface area contributed by atoms with Gasteiger partial charge in [-0.1, -0.05) is 190 Å². The number of unbranched alkanes of at least 4 members (excludes halogenated alkanes) is 23. The van der Waals surface area contributed by atoms with Gasteiger partial charge in [-0.15, -0.1) is 0 Å². The number of hydrogen-bond donors (Lipinski definition) is 2. The minimum atomic E-state index is -4.60. The van der Waals surface area contributed by atoms with E-state index in [9.17, 15) is 19.4 Å². The fraction of sp³-hybridized carbons (Fsp3) is 0.784. The summed E-state index contributed by atoms with van der Waals surface area (Å²) in [5, 5.41) is 13.7. The zero-order chi connectivity index (χ0) is 44.3. The first-order valence-corrected chi connectivity index (χ1v) is 26.1. The molecule has 0 spiro atoms. The molecule has 0 heterocycles. The monoisotopic (exact) mass is 863 g/mol. The molecule has 350 valence electrons. The van der Waals surface area contributed by atoms with Crippen LogP contribution < -0.4 is 10.2 Å². The first-order chi connectivity index (χ1) is 29.0. The van der Waals surface area contributed by atoms with E-state index < -0.39 is 26.6 Å². The molecule has 0 saturated heterocycles. The summed E-state index contributed by atoms with van der Waals surface area (Å²) in [6.07, 6.45) is 55.8. The minimum absolute atomic E-state index is 0.0106. The van der Waals surface area contributed by atoms with Gasteiger partial charge in [0.1, 0.15) is 13.2 Å². The van der Waals surface area contributed by atoms with E-state index in [-0.39, 0.29) is 12.5 Å². The number of aliphatic hydroxyl groups excluding tert-OH is 1. The van der Waals surface area contributed by atoms with E-state index in [1.54, 1.807) is 6.08 Å². The first kappa shape index (κ1) is 58.2. The van der Waals surface area contributed by atoms with Crippen LogP contribution in [0.4, 0.5) is 0 Å². The van der Waals surface area contributed by atoms with Crippen molar-refractivity contribution in [1.82, 2.24) is 5.32 Å². The molecule has 0 aromatic carbocycles. The predicted octanol–water partition coefficient (Wildman–Crippen LogP) is 13.6. The molecule has 0 fully saturated rings. The summed E-state index contributed by atoms with van der Waals surface area (Å²) in [6.45, 7) is 4.52. The summed E-state index contributed by atoms with van der Waals surface area (Å²) in [7, 11) is 1.23. The lowest BCUT2D eigenvalue weighted by Crippen LogP contribution is -2.45. The Morgan fingerprint density at radius 1 is 0.583 bits per heavy atom. The zero-order valence-corrected chi connectivity index (χ0v) is 40.5. The van der Waals surface area contributed by atoms with Crippen molar-refractivity contribution in [2.75, 3.05) is 40.9 Å². The van der Waals surface area contributed by atoms with E-state index in [0.29, 0.717) is 17.4 Å². The second-order valence-corrected chi connectivity index (χ2v) is 19.2. The molecule has 0 aliphatic rings. The molecule has 2 N–H and O–H groups in total. The van der Waals surface area contributed by atoms with Crippen LogP contribution in [-0.4, -0.2) is 68.5 Å². The van der Waals surface area contributed by atoms with Crippen LogP contribution in [0.1, 0.15) is 206 Å². The van der Waals surface area contributed by atoms with Crippen LogP contribution in [-0.2, 0) is 18.4 Å². The van der Waals surface area contributed by atoms with E-state index in [4.69, 9.17) is 9.05 Å². The Morgan fingerprint density at radius 2 is 1.02 bits per heavy atom. The van der Waals surface area contributed by atoms with Crippen molar-refractivity contribution < 1.29 is 32.9 Å². The fourth-order valence-electron chi connectivity index (χ4n) is 6.75. The van der Waals surface area contributed by atoms with Crippen molar-refractivity contribution in [3.8, 4) is 0 Å². The first-order valence-electron chi connectivity index (χ1n) is 24.7. The molecule has 1 amide bonds. The Hall–Kier alpha value is -1.80. The van der Waals surface area contributed by atoms with Gasteiger partial charge in [0, 0.05) is 6.42 Å². The van der Waals surface area contributed by atoms with Gasteiger partial charge in [0.05, 0.1) is 39.9 Å². The van der Waals surface area contributed by atoms with Gasteiger partial charge in [-0.3, -0.25) is 9.36 Å². The molecular weight excluding hydrogens is 768 g/mol. The van der Waals surface area contributed by atoms with Crippen molar-refractivity contribution in [2.45, 2.75) is 219 Å². The van der Waals surface area contributed by atoms with Gasteiger partial charge < -0.3 is 28.8 Å². The summed E-state index contributed by atoms with van der Waals surface area (Å²) >= 11 is 0. The van der Waals surface area contributed by atoms with Crippen molar-refractivity contribution in [2.24, 2.45) is 0 Å². The number of amides is 1. The molecule has 0 aromatic rings. The lowest BCUT2D eigenvalue weighted by molar-refractivity contribution is -0.870. The summed E-state index contributed by atoms with van der Waals surface area (Å²) in [5.74, 6) is -0.215. The number of phosphoric ester groups is 1. The maximum absolute atomic E-state index is 12.9. The van der Waals surface area contributed by atoms with Crippen LogP contribution in [0.15, 0.2) is 60.8 Å². The highest BCUT2D eigenvalue weighted by Gasteiger charge is 2.23.